The molecule has 4 heteroatoms. The molecule has 0 radical (unpaired) electrons. The first-order valence-corrected chi connectivity index (χ1v) is 7.11. The molecule has 1 aromatic carbocycles. The molecule has 0 aliphatic carbocycles. The number of carbonyl (C=O) groups excluding carboxylic acids is 1. The van der Waals surface area contributed by atoms with Crippen molar-refractivity contribution in [2.75, 3.05) is 11.9 Å². The number of rotatable bonds is 6. The lowest BCUT2D eigenvalue weighted by molar-refractivity contribution is -0.121. The van der Waals surface area contributed by atoms with E-state index in [9.17, 15) is 4.79 Å². The maximum absolute atomic E-state index is 11.6. The maximum atomic E-state index is 11.6. The fourth-order valence-electron chi connectivity index (χ4n) is 1.89. The molecule has 1 rings (SSSR count). The Bertz CT molecular complexity index is 423. The van der Waals surface area contributed by atoms with Crippen molar-refractivity contribution in [3.05, 3.63) is 28.3 Å². The monoisotopic (exact) mass is 282 g/mol. The predicted octanol–water partition coefficient (Wildman–Crippen LogP) is 3.67. The zero-order chi connectivity index (χ0) is 14.4. The van der Waals surface area contributed by atoms with Crippen molar-refractivity contribution in [3.8, 4) is 0 Å². The summed E-state index contributed by atoms with van der Waals surface area (Å²) in [7, 11) is 0. The number of amides is 1. The Morgan fingerprint density at radius 1 is 1.37 bits per heavy atom. The molecule has 0 aliphatic rings. The van der Waals surface area contributed by atoms with Gasteiger partial charge in [-0.25, -0.2) is 0 Å². The van der Waals surface area contributed by atoms with Crippen molar-refractivity contribution in [1.29, 1.82) is 0 Å². The van der Waals surface area contributed by atoms with E-state index >= 15 is 0 Å². The Morgan fingerprint density at radius 3 is 2.63 bits per heavy atom. The number of hydrogen-bond acceptors (Lipinski definition) is 2. The minimum atomic E-state index is 0.0720. The molecule has 0 saturated carbocycles. The first-order chi connectivity index (χ1) is 8.93. The van der Waals surface area contributed by atoms with Gasteiger partial charge in [0.2, 0.25) is 5.91 Å². The molecule has 1 aromatic rings. The Morgan fingerprint density at radius 2 is 2.05 bits per heavy atom. The highest BCUT2D eigenvalue weighted by Gasteiger charge is 2.07. The number of hydrogen-bond donors (Lipinski definition) is 2. The van der Waals surface area contributed by atoms with E-state index in [0.717, 1.165) is 23.2 Å². The van der Waals surface area contributed by atoms with E-state index in [2.05, 4.69) is 23.6 Å². The minimum Gasteiger partial charge on any atom is -0.383 e. The molecule has 19 heavy (non-hydrogen) atoms. The highest BCUT2D eigenvalue weighted by atomic mass is 35.5. The lowest BCUT2D eigenvalue weighted by atomic mass is 10.1. The van der Waals surface area contributed by atoms with Gasteiger partial charge in [-0.05, 0) is 44.4 Å². The van der Waals surface area contributed by atoms with Gasteiger partial charge in [-0.1, -0.05) is 24.6 Å². The van der Waals surface area contributed by atoms with Crippen LogP contribution < -0.4 is 10.6 Å². The Labute approximate surface area is 120 Å². The van der Waals surface area contributed by atoms with Crippen LogP contribution in [0.25, 0.3) is 0 Å². The van der Waals surface area contributed by atoms with Gasteiger partial charge < -0.3 is 10.6 Å². The molecule has 1 unspecified atom stereocenters. The summed E-state index contributed by atoms with van der Waals surface area (Å²) < 4.78 is 0. The number of nitrogens with one attached hydrogen (secondary N) is 2. The molecule has 2 N–H and O–H groups in total. The molecule has 0 aromatic heterocycles. The number of halogens is 1. The van der Waals surface area contributed by atoms with Crippen molar-refractivity contribution in [2.45, 2.75) is 46.6 Å². The van der Waals surface area contributed by atoms with Crippen molar-refractivity contribution >= 4 is 23.2 Å². The highest BCUT2D eigenvalue weighted by molar-refractivity contribution is 6.33. The lowest BCUT2D eigenvalue weighted by Crippen LogP contribution is -2.33. The van der Waals surface area contributed by atoms with E-state index in [-0.39, 0.29) is 11.9 Å². The third-order valence-corrected chi connectivity index (χ3v) is 3.40. The van der Waals surface area contributed by atoms with E-state index < -0.39 is 0 Å². The number of aryl methyl sites for hydroxylation is 2. The van der Waals surface area contributed by atoms with Crippen LogP contribution in [0.15, 0.2) is 12.1 Å². The van der Waals surface area contributed by atoms with Gasteiger partial charge in [0.15, 0.2) is 0 Å². The molecule has 0 aliphatic heterocycles. The molecule has 1 atom stereocenters. The molecule has 0 heterocycles. The van der Waals surface area contributed by atoms with E-state index in [0.29, 0.717) is 18.0 Å². The summed E-state index contributed by atoms with van der Waals surface area (Å²) in [5.41, 5.74) is 3.17. The first-order valence-electron chi connectivity index (χ1n) is 6.74. The summed E-state index contributed by atoms with van der Waals surface area (Å²) in [6, 6.07) is 4.24. The van der Waals surface area contributed by atoms with Gasteiger partial charge >= 0.3 is 0 Å². The fourth-order valence-corrected chi connectivity index (χ4v) is 2.28. The quantitative estimate of drug-likeness (QED) is 0.836. The van der Waals surface area contributed by atoms with Gasteiger partial charge in [0.1, 0.15) is 0 Å². The standard InChI is InChI=1S/C15H23ClN2O/c1-5-12(4)18-14(19)6-7-17-15-11(3)8-10(2)9-13(15)16/h8-9,12,17H,5-7H2,1-4H3,(H,18,19). The normalized spacial score (nSPS) is 12.1. The molecule has 0 bridgehead atoms. The summed E-state index contributed by atoms with van der Waals surface area (Å²) in [6.45, 7) is 8.68. The Kier molecular flexibility index (Phi) is 6.16. The third kappa shape index (κ3) is 5.11. The first kappa shape index (κ1) is 15.8. The third-order valence-electron chi connectivity index (χ3n) is 3.11. The topological polar surface area (TPSA) is 41.1 Å². The lowest BCUT2D eigenvalue weighted by Gasteiger charge is -2.14. The zero-order valence-electron chi connectivity index (χ0n) is 12.1. The van der Waals surface area contributed by atoms with Gasteiger partial charge in [0, 0.05) is 19.0 Å². The summed E-state index contributed by atoms with van der Waals surface area (Å²) in [5.74, 6) is 0.0720. The minimum absolute atomic E-state index is 0.0720. The van der Waals surface area contributed by atoms with Gasteiger partial charge in [0.05, 0.1) is 10.7 Å². The van der Waals surface area contributed by atoms with Crippen molar-refractivity contribution < 1.29 is 4.79 Å². The number of carbonyl (C=O) groups is 1. The molecular formula is C15H23ClN2O. The van der Waals surface area contributed by atoms with E-state index in [1.807, 2.05) is 26.8 Å². The van der Waals surface area contributed by atoms with Gasteiger partial charge in [-0.2, -0.15) is 0 Å². The predicted molar refractivity (Wildman–Crippen MR) is 81.9 cm³/mol. The Hall–Kier alpha value is -1.22. The number of benzene rings is 1. The average Bonchev–Trinajstić information content (AvgIpc) is 2.32. The molecular weight excluding hydrogens is 260 g/mol. The average molecular weight is 283 g/mol. The van der Waals surface area contributed by atoms with E-state index in [1.54, 1.807) is 0 Å². The van der Waals surface area contributed by atoms with E-state index in [4.69, 9.17) is 11.6 Å². The summed E-state index contributed by atoms with van der Waals surface area (Å²) in [5, 5.41) is 6.89. The van der Waals surface area contributed by atoms with Crippen LogP contribution in [0.4, 0.5) is 5.69 Å². The fraction of sp³-hybridized carbons (Fsp3) is 0.533. The highest BCUT2D eigenvalue weighted by Crippen LogP contribution is 2.27. The van der Waals surface area contributed by atoms with E-state index in [1.165, 1.54) is 0 Å². The largest absolute Gasteiger partial charge is 0.383 e. The summed E-state index contributed by atoms with van der Waals surface area (Å²) >= 11 is 6.19. The molecule has 0 spiro atoms. The molecule has 0 saturated heterocycles. The van der Waals surface area contributed by atoms with Crippen LogP contribution in [0, 0.1) is 13.8 Å². The van der Waals surface area contributed by atoms with Crippen LogP contribution >= 0.6 is 11.6 Å². The molecule has 106 valence electrons. The van der Waals surface area contributed by atoms with Gasteiger partial charge in [0.25, 0.3) is 0 Å². The molecule has 3 nitrogen and oxygen atoms in total. The second-order valence-corrected chi connectivity index (χ2v) is 5.40. The van der Waals surface area contributed by atoms with Crippen LogP contribution in [-0.2, 0) is 4.79 Å². The molecule has 0 fully saturated rings. The van der Waals surface area contributed by atoms with Gasteiger partial charge in [-0.15, -0.1) is 0 Å². The second-order valence-electron chi connectivity index (χ2n) is 4.99. The Balaban J connectivity index is 2.48. The van der Waals surface area contributed by atoms with Crippen molar-refractivity contribution in [2.24, 2.45) is 0 Å². The smallest absolute Gasteiger partial charge is 0.221 e. The van der Waals surface area contributed by atoms with Crippen LogP contribution in [0.1, 0.15) is 37.8 Å². The van der Waals surface area contributed by atoms with Crippen LogP contribution in [0.2, 0.25) is 5.02 Å². The second kappa shape index (κ2) is 7.39. The van der Waals surface area contributed by atoms with Crippen LogP contribution in [-0.4, -0.2) is 18.5 Å². The maximum Gasteiger partial charge on any atom is 0.221 e. The van der Waals surface area contributed by atoms with Crippen LogP contribution in [0.3, 0.4) is 0 Å². The SMILES string of the molecule is CCC(C)NC(=O)CCNc1c(C)cc(C)cc1Cl. The summed E-state index contributed by atoms with van der Waals surface area (Å²) in [4.78, 5) is 11.6. The molecule has 1 amide bonds. The van der Waals surface area contributed by atoms with Crippen LogP contribution in [0.5, 0.6) is 0 Å². The van der Waals surface area contributed by atoms with Crippen molar-refractivity contribution in [1.82, 2.24) is 5.32 Å². The zero-order valence-corrected chi connectivity index (χ0v) is 12.9. The van der Waals surface area contributed by atoms with Crippen molar-refractivity contribution in [3.63, 3.8) is 0 Å². The number of anilines is 1. The van der Waals surface area contributed by atoms with Gasteiger partial charge in [-0.3, -0.25) is 4.79 Å². The summed E-state index contributed by atoms with van der Waals surface area (Å²) in [6.07, 6.45) is 1.40.